The number of aryl methyl sites for hydroxylation is 1. The van der Waals surface area contributed by atoms with Crippen LogP contribution in [0.25, 0.3) is 0 Å². The first-order chi connectivity index (χ1) is 7.40. The fraction of sp³-hybridized carbons (Fsp3) is 0.500. The molecule has 88 valence electrons. The highest BCUT2D eigenvalue weighted by molar-refractivity contribution is 5.75. The number of anilines is 2. The van der Waals surface area contributed by atoms with Crippen LogP contribution in [0.15, 0.2) is 0 Å². The highest BCUT2D eigenvalue weighted by Crippen LogP contribution is 2.18. The standard InChI is InChI=1S/C10H17N5O/c1-5(4-8(11)16)13-10-6(2)9(12)14-7(3)15-10/h5H,4H2,1-3H3,(H2,11,16)(H3,12,13,14,15). The Kier molecular flexibility index (Phi) is 3.65. The van der Waals surface area contributed by atoms with E-state index in [0.29, 0.717) is 17.5 Å². The van der Waals surface area contributed by atoms with Crippen molar-refractivity contribution < 1.29 is 4.79 Å². The second-order valence-corrected chi connectivity index (χ2v) is 3.85. The lowest BCUT2D eigenvalue weighted by atomic mass is 10.2. The summed E-state index contributed by atoms with van der Waals surface area (Å²) in [7, 11) is 0. The van der Waals surface area contributed by atoms with Gasteiger partial charge >= 0.3 is 0 Å². The number of hydrogen-bond donors (Lipinski definition) is 3. The normalized spacial score (nSPS) is 12.2. The van der Waals surface area contributed by atoms with Crippen LogP contribution in [0.1, 0.15) is 24.7 Å². The Morgan fingerprint density at radius 3 is 2.62 bits per heavy atom. The van der Waals surface area contributed by atoms with Crippen LogP contribution in [-0.2, 0) is 4.79 Å². The van der Waals surface area contributed by atoms with E-state index in [0.717, 1.165) is 5.56 Å². The number of hydrogen-bond acceptors (Lipinski definition) is 5. The average molecular weight is 223 g/mol. The van der Waals surface area contributed by atoms with E-state index in [1.807, 2.05) is 13.8 Å². The van der Waals surface area contributed by atoms with Gasteiger partial charge in [-0.05, 0) is 20.8 Å². The zero-order valence-electron chi connectivity index (χ0n) is 9.74. The summed E-state index contributed by atoms with van der Waals surface area (Å²) < 4.78 is 0. The molecule has 0 aliphatic carbocycles. The first-order valence-electron chi connectivity index (χ1n) is 5.05. The van der Waals surface area contributed by atoms with Gasteiger partial charge in [0.05, 0.1) is 0 Å². The van der Waals surface area contributed by atoms with Crippen molar-refractivity contribution in [2.24, 2.45) is 5.73 Å². The Morgan fingerprint density at radius 2 is 2.06 bits per heavy atom. The van der Waals surface area contributed by atoms with Crippen LogP contribution >= 0.6 is 0 Å². The third-order valence-corrected chi connectivity index (χ3v) is 2.19. The van der Waals surface area contributed by atoms with E-state index in [9.17, 15) is 4.79 Å². The van der Waals surface area contributed by atoms with Gasteiger partial charge in [-0.2, -0.15) is 0 Å². The van der Waals surface area contributed by atoms with Gasteiger partial charge in [0.2, 0.25) is 5.91 Å². The molecule has 0 aliphatic heterocycles. The molecule has 1 heterocycles. The Bertz CT molecular complexity index is 404. The van der Waals surface area contributed by atoms with E-state index in [-0.39, 0.29) is 18.4 Å². The van der Waals surface area contributed by atoms with Gasteiger partial charge < -0.3 is 16.8 Å². The summed E-state index contributed by atoms with van der Waals surface area (Å²) in [5.74, 6) is 1.34. The van der Waals surface area contributed by atoms with Crippen LogP contribution in [0.3, 0.4) is 0 Å². The summed E-state index contributed by atoms with van der Waals surface area (Å²) in [4.78, 5) is 19.0. The van der Waals surface area contributed by atoms with Crippen molar-refractivity contribution in [2.75, 3.05) is 11.1 Å². The van der Waals surface area contributed by atoms with Crippen molar-refractivity contribution in [3.8, 4) is 0 Å². The van der Waals surface area contributed by atoms with E-state index in [1.165, 1.54) is 0 Å². The molecule has 0 bridgehead atoms. The van der Waals surface area contributed by atoms with Crippen molar-refractivity contribution in [1.29, 1.82) is 0 Å². The Labute approximate surface area is 94.5 Å². The van der Waals surface area contributed by atoms with Gasteiger partial charge in [-0.1, -0.05) is 0 Å². The molecule has 6 nitrogen and oxygen atoms in total. The zero-order valence-corrected chi connectivity index (χ0v) is 9.74. The molecule has 1 rings (SSSR count). The molecule has 1 unspecified atom stereocenters. The van der Waals surface area contributed by atoms with Gasteiger partial charge in [0, 0.05) is 18.0 Å². The smallest absolute Gasteiger partial charge is 0.219 e. The van der Waals surface area contributed by atoms with E-state index in [2.05, 4.69) is 15.3 Å². The Balaban J connectivity index is 2.84. The lowest BCUT2D eigenvalue weighted by molar-refractivity contribution is -0.118. The third kappa shape index (κ3) is 3.08. The first-order valence-corrected chi connectivity index (χ1v) is 5.05. The van der Waals surface area contributed by atoms with Crippen molar-refractivity contribution in [3.63, 3.8) is 0 Å². The number of carbonyl (C=O) groups is 1. The van der Waals surface area contributed by atoms with Gasteiger partial charge in [0.1, 0.15) is 17.5 Å². The molecule has 0 saturated carbocycles. The first kappa shape index (κ1) is 12.2. The number of nitrogen functional groups attached to an aromatic ring is 1. The molecule has 0 saturated heterocycles. The van der Waals surface area contributed by atoms with Crippen molar-refractivity contribution in [1.82, 2.24) is 9.97 Å². The second kappa shape index (κ2) is 4.78. The predicted molar refractivity (Wildman–Crippen MR) is 62.8 cm³/mol. The summed E-state index contributed by atoms with van der Waals surface area (Å²) in [5, 5.41) is 3.09. The number of nitrogens with two attached hydrogens (primary N) is 2. The molecule has 1 atom stereocenters. The molecule has 1 amide bonds. The summed E-state index contributed by atoms with van der Waals surface area (Å²) in [6.45, 7) is 5.45. The summed E-state index contributed by atoms with van der Waals surface area (Å²) in [6, 6.07) is -0.0788. The molecule has 0 fully saturated rings. The molecule has 1 aromatic rings. The summed E-state index contributed by atoms with van der Waals surface area (Å²) >= 11 is 0. The fourth-order valence-electron chi connectivity index (χ4n) is 1.38. The predicted octanol–water partition coefficient (Wildman–Crippen LogP) is 0.351. The SMILES string of the molecule is Cc1nc(N)c(C)c(NC(C)CC(N)=O)n1. The molecule has 6 heteroatoms. The molecule has 0 spiro atoms. The van der Waals surface area contributed by atoms with Crippen LogP contribution in [0.2, 0.25) is 0 Å². The number of aromatic nitrogens is 2. The Morgan fingerprint density at radius 1 is 1.44 bits per heavy atom. The van der Waals surface area contributed by atoms with E-state index >= 15 is 0 Å². The third-order valence-electron chi connectivity index (χ3n) is 2.19. The van der Waals surface area contributed by atoms with Crippen molar-refractivity contribution in [3.05, 3.63) is 11.4 Å². The maximum absolute atomic E-state index is 10.7. The molecule has 5 N–H and O–H groups in total. The van der Waals surface area contributed by atoms with E-state index < -0.39 is 0 Å². The number of nitrogens with one attached hydrogen (secondary N) is 1. The van der Waals surface area contributed by atoms with Gasteiger partial charge in [-0.25, -0.2) is 9.97 Å². The lowest BCUT2D eigenvalue weighted by Crippen LogP contribution is -2.25. The van der Waals surface area contributed by atoms with E-state index in [4.69, 9.17) is 11.5 Å². The quantitative estimate of drug-likeness (QED) is 0.682. The van der Waals surface area contributed by atoms with Crippen molar-refractivity contribution >= 4 is 17.5 Å². The fourth-order valence-corrected chi connectivity index (χ4v) is 1.38. The molecule has 16 heavy (non-hydrogen) atoms. The number of rotatable bonds is 4. The number of amides is 1. The Hall–Kier alpha value is -1.85. The zero-order chi connectivity index (χ0) is 12.3. The summed E-state index contributed by atoms with van der Waals surface area (Å²) in [6.07, 6.45) is 0.252. The van der Waals surface area contributed by atoms with E-state index in [1.54, 1.807) is 6.92 Å². The number of carbonyl (C=O) groups excluding carboxylic acids is 1. The largest absolute Gasteiger partial charge is 0.383 e. The second-order valence-electron chi connectivity index (χ2n) is 3.85. The molecule has 1 aromatic heterocycles. The molecule has 0 radical (unpaired) electrons. The number of primary amides is 1. The maximum Gasteiger partial charge on any atom is 0.219 e. The molecule has 0 aromatic carbocycles. The summed E-state index contributed by atoms with van der Waals surface area (Å²) in [5.41, 5.74) is 11.6. The number of nitrogens with zero attached hydrogens (tertiary/aromatic N) is 2. The van der Waals surface area contributed by atoms with Crippen LogP contribution in [0.4, 0.5) is 11.6 Å². The van der Waals surface area contributed by atoms with Gasteiger partial charge in [-0.3, -0.25) is 4.79 Å². The minimum Gasteiger partial charge on any atom is -0.383 e. The highest BCUT2D eigenvalue weighted by atomic mass is 16.1. The van der Waals surface area contributed by atoms with Gasteiger partial charge in [-0.15, -0.1) is 0 Å². The topological polar surface area (TPSA) is 107 Å². The minimum atomic E-state index is -0.351. The minimum absolute atomic E-state index is 0.0788. The van der Waals surface area contributed by atoms with Crippen LogP contribution in [0, 0.1) is 13.8 Å². The van der Waals surface area contributed by atoms with Crippen LogP contribution in [0.5, 0.6) is 0 Å². The molecule has 0 aliphatic rings. The maximum atomic E-state index is 10.7. The average Bonchev–Trinajstić information content (AvgIpc) is 2.11. The van der Waals surface area contributed by atoms with Crippen LogP contribution in [-0.4, -0.2) is 21.9 Å². The highest BCUT2D eigenvalue weighted by Gasteiger charge is 2.11. The van der Waals surface area contributed by atoms with Gasteiger partial charge in [0.25, 0.3) is 0 Å². The van der Waals surface area contributed by atoms with Gasteiger partial charge in [0.15, 0.2) is 0 Å². The lowest BCUT2D eigenvalue weighted by Gasteiger charge is -2.15. The molecular formula is C10H17N5O. The van der Waals surface area contributed by atoms with Crippen LogP contribution < -0.4 is 16.8 Å². The van der Waals surface area contributed by atoms with Crippen molar-refractivity contribution in [2.45, 2.75) is 33.2 Å². The monoisotopic (exact) mass is 223 g/mol. The molecular weight excluding hydrogens is 206 g/mol.